The van der Waals surface area contributed by atoms with Crippen LogP contribution in [0.1, 0.15) is 13.2 Å². The molecule has 0 radical (unpaired) electrons. The van der Waals surface area contributed by atoms with Crippen molar-refractivity contribution in [2.75, 3.05) is 12.4 Å². The summed E-state index contributed by atoms with van der Waals surface area (Å²) in [5.74, 6) is 2.57. The molecule has 1 saturated heterocycles. The van der Waals surface area contributed by atoms with E-state index < -0.39 is 87.9 Å². The highest BCUT2D eigenvalue weighted by Gasteiger charge is 2.58. The first-order chi connectivity index (χ1) is 17.3. The number of aliphatic hydroxyl groups is 1. The van der Waals surface area contributed by atoms with E-state index in [9.17, 15) is 42.2 Å². The second-order valence-corrected chi connectivity index (χ2v) is 12.5. The van der Waals surface area contributed by atoms with Gasteiger partial charge < -0.3 is 35.2 Å². The summed E-state index contributed by atoms with van der Waals surface area (Å²) in [6.45, 7) is -0.300. The van der Waals surface area contributed by atoms with Crippen molar-refractivity contribution in [2.24, 2.45) is 0 Å². The summed E-state index contributed by atoms with van der Waals surface area (Å²) in [5, 5.41) is 10.3. The Morgan fingerprint density at radius 3 is 2.53 bits per heavy atom. The Bertz CT molecular complexity index is 1500. The summed E-state index contributed by atoms with van der Waals surface area (Å²) >= 11 is 6.47. The highest BCUT2D eigenvalue weighted by atomic mass is 35.5. The van der Waals surface area contributed by atoms with Gasteiger partial charge >= 0.3 is 23.5 Å². The molecular weight excluding hydrogens is 611 g/mol. The molecule has 0 bridgehead atoms. The quantitative estimate of drug-likeness (QED) is 0.118. The standard InChI is InChI=1S/C15H18ClF2N4O13P3/c1-6(33-37(28,29)35-38(30,31)34-36(25,26)27)9-10(23)15(16,3-2-4-17)13(32-9)22-5-7(18)8-11(22)20-14(19)21-12(8)24/h5-6,9-10,13,23H,4H2,1H3,(H,28,29)(H,30,31)(H2,25,26,27)(H3,19,20,21,24)/t6-,9-,10+,13-,15?/m1/s1. The lowest BCUT2D eigenvalue weighted by Crippen LogP contribution is -2.43. The van der Waals surface area contributed by atoms with Gasteiger partial charge in [0.1, 0.15) is 24.3 Å². The second-order valence-electron chi connectivity index (χ2n) is 7.54. The van der Waals surface area contributed by atoms with Crippen LogP contribution in [0.3, 0.4) is 0 Å². The second kappa shape index (κ2) is 10.7. The number of halogens is 3. The smallest absolute Gasteiger partial charge is 0.387 e. The summed E-state index contributed by atoms with van der Waals surface area (Å²) in [7, 11) is -17.2. The fourth-order valence-corrected chi connectivity index (χ4v) is 7.07. The molecule has 3 heterocycles. The number of fused-ring (bicyclic) bond motifs is 1. The number of aromatic amines is 1. The van der Waals surface area contributed by atoms with Crippen molar-refractivity contribution in [3.63, 3.8) is 0 Å². The number of alkyl halides is 2. The van der Waals surface area contributed by atoms with Gasteiger partial charge in [-0.05, 0) is 6.92 Å². The van der Waals surface area contributed by atoms with Gasteiger partial charge in [0.05, 0.1) is 6.10 Å². The van der Waals surface area contributed by atoms with Crippen LogP contribution >= 0.6 is 35.1 Å². The van der Waals surface area contributed by atoms with Gasteiger partial charge in [-0.1, -0.05) is 23.4 Å². The normalized spacial score (nSPS) is 27.9. The Morgan fingerprint density at radius 1 is 1.32 bits per heavy atom. The summed E-state index contributed by atoms with van der Waals surface area (Å²) in [5.41, 5.74) is 4.09. The third-order valence-corrected chi connectivity index (χ3v) is 9.25. The van der Waals surface area contributed by atoms with E-state index in [-0.39, 0.29) is 0 Å². The fraction of sp³-hybridized carbons (Fsp3) is 0.467. The number of hydrogen-bond acceptors (Lipinski definition) is 11. The molecule has 3 unspecified atom stereocenters. The topological polar surface area (TPSA) is 266 Å². The maximum atomic E-state index is 14.6. The molecule has 38 heavy (non-hydrogen) atoms. The average Bonchev–Trinajstić information content (AvgIpc) is 3.17. The summed E-state index contributed by atoms with van der Waals surface area (Å²) in [6.07, 6.45) is -6.73. The van der Waals surface area contributed by atoms with E-state index >= 15 is 0 Å². The first-order valence-corrected chi connectivity index (χ1v) is 14.7. The summed E-state index contributed by atoms with van der Waals surface area (Å²) < 4.78 is 80.3. The van der Waals surface area contributed by atoms with Crippen LogP contribution in [0.5, 0.6) is 0 Å². The van der Waals surface area contributed by atoms with Crippen molar-refractivity contribution < 1.29 is 65.0 Å². The molecular formula is C15H18ClF2N4O13P3. The number of aromatic nitrogens is 3. The van der Waals surface area contributed by atoms with Crippen molar-refractivity contribution >= 4 is 52.1 Å². The number of aliphatic hydroxyl groups excluding tert-OH is 1. The van der Waals surface area contributed by atoms with Crippen LogP contribution in [0.4, 0.5) is 14.7 Å². The van der Waals surface area contributed by atoms with E-state index in [1.165, 1.54) is 0 Å². The Balaban J connectivity index is 1.99. The number of nitrogens with zero attached hydrogens (tertiary/aromatic N) is 2. The third kappa shape index (κ3) is 6.52. The molecule has 0 amide bonds. The highest BCUT2D eigenvalue weighted by molar-refractivity contribution is 7.66. The molecule has 23 heteroatoms. The average molecular weight is 629 g/mol. The van der Waals surface area contributed by atoms with Crippen molar-refractivity contribution in [3.05, 3.63) is 22.4 Å². The highest BCUT2D eigenvalue weighted by Crippen LogP contribution is 2.66. The lowest BCUT2D eigenvalue weighted by atomic mass is 9.96. The SMILES string of the molecule is C[C@@H](OP(=O)(O)OP(=O)(O)OP(=O)(O)O)[C@H]1O[C@@H](n2cc(F)c3c(=O)[nH]c(N)nc32)C(Cl)(C#CCF)[C@H]1O. The number of ether oxygens (including phenoxy) is 1. The van der Waals surface area contributed by atoms with Gasteiger partial charge in [-0.3, -0.25) is 18.9 Å². The van der Waals surface area contributed by atoms with Crippen molar-refractivity contribution in [3.8, 4) is 11.8 Å². The number of hydrogen-bond donors (Lipinski definition) is 7. The lowest BCUT2D eigenvalue weighted by molar-refractivity contribution is -0.0728. The molecule has 0 aromatic carbocycles. The number of nitrogen functional groups attached to an aromatic ring is 1. The minimum absolute atomic E-state index is 0.436. The molecule has 7 atom stereocenters. The molecule has 8 N–H and O–H groups in total. The number of rotatable bonds is 8. The zero-order valence-electron chi connectivity index (χ0n) is 18.5. The van der Waals surface area contributed by atoms with Crippen LogP contribution in [-0.2, 0) is 31.6 Å². The van der Waals surface area contributed by atoms with E-state index in [1.54, 1.807) is 0 Å². The van der Waals surface area contributed by atoms with Crippen molar-refractivity contribution in [1.82, 2.24) is 14.5 Å². The summed E-state index contributed by atoms with van der Waals surface area (Å²) in [6, 6.07) is 0. The van der Waals surface area contributed by atoms with E-state index in [0.29, 0.717) is 6.20 Å². The van der Waals surface area contributed by atoms with Crippen LogP contribution in [0.25, 0.3) is 11.0 Å². The molecule has 212 valence electrons. The molecule has 0 aliphatic carbocycles. The van der Waals surface area contributed by atoms with Gasteiger partial charge in [-0.15, -0.1) is 0 Å². The lowest BCUT2D eigenvalue weighted by Gasteiger charge is -2.26. The molecule has 1 aliphatic rings. The molecule has 1 aliphatic heterocycles. The molecule has 2 aromatic heterocycles. The number of nitrogens with one attached hydrogen (secondary N) is 1. The molecule has 1 fully saturated rings. The minimum atomic E-state index is -5.87. The first kappa shape index (κ1) is 30.8. The Morgan fingerprint density at radius 2 is 1.95 bits per heavy atom. The van der Waals surface area contributed by atoms with E-state index in [2.05, 4.69) is 29.0 Å². The van der Waals surface area contributed by atoms with Crippen LogP contribution in [0, 0.1) is 17.7 Å². The largest absolute Gasteiger partial charge is 0.490 e. The van der Waals surface area contributed by atoms with E-state index in [0.717, 1.165) is 11.5 Å². The van der Waals surface area contributed by atoms with E-state index in [1.807, 2.05) is 5.92 Å². The van der Waals surface area contributed by atoms with E-state index in [4.69, 9.17) is 31.9 Å². The first-order valence-electron chi connectivity index (χ1n) is 9.76. The van der Waals surface area contributed by atoms with Crippen molar-refractivity contribution in [2.45, 2.75) is 36.3 Å². The van der Waals surface area contributed by atoms with Gasteiger partial charge in [0.15, 0.2) is 22.6 Å². The zero-order chi connectivity index (χ0) is 28.8. The number of nitrogens with two attached hydrogens (primary N) is 1. The number of H-pyrrole nitrogens is 1. The van der Waals surface area contributed by atoms with Gasteiger partial charge in [-0.25, -0.2) is 22.5 Å². The zero-order valence-corrected chi connectivity index (χ0v) is 22.0. The molecule has 0 saturated carbocycles. The predicted molar refractivity (Wildman–Crippen MR) is 121 cm³/mol. The molecule has 3 rings (SSSR count). The van der Waals surface area contributed by atoms with Crippen LogP contribution in [0.2, 0.25) is 0 Å². The minimum Gasteiger partial charge on any atom is -0.387 e. The maximum absolute atomic E-state index is 14.6. The van der Waals surface area contributed by atoms with Gasteiger partial charge in [0, 0.05) is 6.20 Å². The monoisotopic (exact) mass is 628 g/mol. The van der Waals surface area contributed by atoms with Gasteiger partial charge in [0.25, 0.3) is 5.56 Å². The Labute approximate surface area is 214 Å². The summed E-state index contributed by atoms with van der Waals surface area (Å²) in [4.78, 5) is 52.0. The number of anilines is 1. The van der Waals surface area contributed by atoms with Crippen LogP contribution < -0.4 is 11.3 Å². The third-order valence-electron chi connectivity index (χ3n) is 4.82. The number of phosphoric ester groups is 1. The number of phosphoric acid groups is 3. The molecule has 0 spiro atoms. The van der Waals surface area contributed by atoms with Gasteiger partial charge in [0.2, 0.25) is 5.95 Å². The van der Waals surface area contributed by atoms with Crippen molar-refractivity contribution in [1.29, 1.82) is 0 Å². The predicted octanol–water partition coefficient (Wildman–Crippen LogP) is 0.386. The molecule has 2 aromatic rings. The Kier molecular flexibility index (Phi) is 8.65. The fourth-order valence-electron chi connectivity index (χ4n) is 3.52. The molecule has 17 nitrogen and oxygen atoms in total. The maximum Gasteiger partial charge on any atom is 0.490 e. The van der Waals surface area contributed by atoms with Crippen LogP contribution in [0.15, 0.2) is 11.0 Å². The van der Waals surface area contributed by atoms with Gasteiger partial charge in [-0.2, -0.15) is 13.6 Å². The Hall–Kier alpha value is -1.74. The van der Waals surface area contributed by atoms with Crippen LogP contribution in [-0.4, -0.2) is 69.1 Å².